The molecule has 96 valence electrons. The molecular weight excluding hydrogens is 202 g/mol. The Hall–Kier alpha value is -0.610. The Morgan fingerprint density at radius 1 is 1.12 bits per heavy atom. The summed E-state index contributed by atoms with van der Waals surface area (Å²) in [5.41, 5.74) is 0. The van der Waals surface area contributed by atoms with Crippen LogP contribution in [0.5, 0.6) is 0 Å². The molecule has 0 aliphatic rings. The quantitative estimate of drug-likeness (QED) is 0.594. The van der Waals surface area contributed by atoms with Crippen molar-refractivity contribution in [1.82, 2.24) is 15.1 Å². The second kappa shape index (κ2) is 9.60. The minimum absolute atomic E-state index is 0.193. The largest absolute Gasteiger partial charge is 0.345 e. The summed E-state index contributed by atoms with van der Waals surface area (Å²) in [4.78, 5) is 15.6. The van der Waals surface area contributed by atoms with Gasteiger partial charge in [-0.15, -0.1) is 0 Å². The van der Waals surface area contributed by atoms with Gasteiger partial charge in [-0.1, -0.05) is 13.3 Å². The number of hydrogen-bond donors (Lipinski definition) is 1. The third-order valence-corrected chi connectivity index (χ3v) is 2.51. The summed E-state index contributed by atoms with van der Waals surface area (Å²) >= 11 is 0. The maximum absolute atomic E-state index is 11.6. The Labute approximate surface area is 100.0 Å². The van der Waals surface area contributed by atoms with Crippen LogP contribution in [0.2, 0.25) is 0 Å². The molecule has 1 amide bonds. The molecule has 0 aromatic carbocycles. The number of amides is 1. The van der Waals surface area contributed by atoms with Crippen molar-refractivity contribution in [1.29, 1.82) is 0 Å². The van der Waals surface area contributed by atoms with Gasteiger partial charge in [0.1, 0.15) is 0 Å². The van der Waals surface area contributed by atoms with E-state index in [1.165, 1.54) is 0 Å². The first kappa shape index (κ1) is 15.4. The summed E-state index contributed by atoms with van der Waals surface area (Å²) in [5, 5.41) is 3.18. The van der Waals surface area contributed by atoms with Crippen LogP contribution >= 0.6 is 0 Å². The van der Waals surface area contributed by atoms with Crippen molar-refractivity contribution >= 4 is 5.91 Å². The summed E-state index contributed by atoms with van der Waals surface area (Å²) in [7, 11) is 5.99. The normalized spacial score (nSPS) is 10.8. The van der Waals surface area contributed by atoms with E-state index in [0.29, 0.717) is 6.54 Å². The molecule has 0 atom stereocenters. The van der Waals surface area contributed by atoms with Crippen molar-refractivity contribution in [2.24, 2.45) is 0 Å². The van der Waals surface area contributed by atoms with Gasteiger partial charge in [0, 0.05) is 13.6 Å². The van der Waals surface area contributed by atoms with E-state index in [1.54, 1.807) is 0 Å². The first-order valence-electron chi connectivity index (χ1n) is 6.17. The molecular formula is C12H27N3O. The fraction of sp³-hybridized carbons (Fsp3) is 0.917. The zero-order chi connectivity index (χ0) is 12.4. The molecule has 0 fully saturated rings. The van der Waals surface area contributed by atoms with Gasteiger partial charge in [0.25, 0.3) is 0 Å². The third-order valence-electron chi connectivity index (χ3n) is 2.51. The van der Waals surface area contributed by atoms with Crippen molar-refractivity contribution in [3.8, 4) is 0 Å². The van der Waals surface area contributed by atoms with Gasteiger partial charge in [-0.05, 0) is 40.0 Å². The Morgan fingerprint density at radius 2 is 1.81 bits per heavy atom. The van der Waals surface area contributed by atoms with Crippen LogP contribution in [0.15, 0.2) is 0 Å². The third kappa shape index (κ3) is 8.68. The lowest BCUT2D eigenvalue weighted by Crippen LogP contribution is -2.36. The smallest absolute Gasteiger partial charge is 0.236 e. The Morgan fingerprint density at radius 3 is 2.38 bits per heavy atom. The standard InChI is InChI=1S/C12H27N3O/c1-5-6-10-15(4)12(16)11-13-8-7-9-14(2)3/h13H,5-11H2,1-4H3. The first-order valence-corrected chi connectivity index (χ1v) is 6.17. The van der Waals surface area contributed by atoms with E-state index in [9.17, 15) is 4.79 Å². The molecule has 0 heterocycles. The average Bonchev–Trinajstić information content (AvgIpc) is 2.24. The maximum atomic E-state index is 11.6. The van der Waals surface area contributed by atoms with Crippen LogP contribution in [0, 0.1) is 0 Å². The van der Waals surface area contributed by atoms with Crippen LogP contribution in [0.1, 0.15) is 26.2 Å². The predicted octanol–water partition coefficient (Wildman–Crippen LogP) is 0.786. The lowest BCUT2D eigenvalue weighted by Gasteiger charge is -2.17. The highest BCUT2D eigenvalue weighted by molar-refractivity contribution is 5.77. The van der Waals surface area contributed by atoms with Gasteiger partial charge in [-0.2, -0.15) is 0 Å². The van der Waals surface area contributed by atoms with E-state index in [2.05, 4.69) is 31.2 Å². The molecule has 0 aliphatic heterocycles. The van der Waals surface area contributed by atoms with Gasteiger partial charge in [0.2, 0.25) is 5.91 Å². The molecule has 0 saturated heterocycles. The molecule has 4 heteroatoms. The van der Waals surface area contributed by atoms with Gasteiger partial charge in [-0.3, -0.25) is 4.79 Å². The van der Waals surface area contributed by atoms with E-state index < -0.39 is 0 Å². The molecule has 0 radical (unpaired) electrons. The molecule has 0 aliphatic carbocycles. The molecule has 1 N–H and O–H groups in total. The number of hydrogen-bond acceptors (Lipinski definition) is 3. The second-order valence-electron chi connectivity index (χ2n) is 4.50. The highest BCUT2D eigenvalue weighted by Crippen LogP contribution is 1.91. The molecule has 16 heavy (non-hydrogen) atoms. The zero-order valence-corrected chi connectivity index (χ0v) is 11.3. The van der Waals surface area contributed by atoms with E-state index in [4.69, 9.17) is 0 Å². The fourth-order valence-corrected chi connectivity index (χ4v) is 1.37. The topological polar surface area (TPSA) is 35.6 Å². The number of unbranched alkanes of at least 4 members (excludes halogenated alkanes) is 1. The number of nitrogens with one attached hydrogen (secondary N) is 1. The molecule has 4 nitrogen and oxygen atoms in total. The minimum Gasteiger partial charge on any atom is -0.345 e. The zero-order valence-electron chi connectivity index (χ0n) is 11.3. The minimum atomic E-state index is 0.193. The average molecular weight is 229 g/mol. The predicted molar refractivity (Wildman–Crippen MR) is 68.6 cm³/mol. The number of rotatable bonds is 9. The van der Waals surface area contributed by atoms with Crippen LogP contribution in [-0.4, -0.2) is 63.0 Å². The van der Waals surface area contributed by atoms with Crippen LogP contribution in [0.3, 0.4) is 0 Å². The molecule has 0 spiro atoms. The van der Waals surface area contributed by atoms with Gasteiger partial charge < -0.3 is 15.1 Å². The number of nitrogens with zero attached hydrogens (tertiary/aromatic N) is 2. The molecule has 0 aromatic rings. The summed E-state index contributed by atoms with van der Waals surface area (Å²) in [5.74, 6) is 0.193. The van der Waals surface area contributed by atoms with Gasteiger partial charge in [-0.25, -0.2) is 0 Å². The SMILES string of the molecule is CCCCN(C)C(=O)CNCCCN(C)C. The van der Waals surface area contributed by atoms with Crippen molar-refractivity contribution in [3.63, 3.8) is 0 Å². The summed E-state index contributed by atoms with van der Waals surface area (Å²) in [6.07, 6.45) is 3.30. The molecule has 0 unspecified atom stereocenters. The lowest BCUT2D eigenvalue weighted by atomic mass is 10.3. The van der Waals surface area contributed by atoms with E-state index in [0.717, 1.165) is 38.9 Å². The van der Waals surface area contributed by atoms with Crippen LogP contribution < -0.4 is 5.32 Å². The van der Waals surface area contributed by atoms with Gasteiger partial charge in [0.05, 0.1) is 6.54 Å². The van der Waals surface area contributed by atoms with Crippen molar-refractivity contribution in [3.05, 3.63) is 0 Å². The molecule has 0 rings (SSSR count). The number of carbonyl (C=O) groups excluding carboxylic acids is 1. The lowest BCUT2D eigenvalue weighted by molar-refractivity contribution is -0.129. The van der Waals surface area contributed by atoms with E-state index in [-0.39, 0.29) is 5.91 Å². The van der Waals surface area contributed by atoms with Gasteiger partial charge >= 0.3 is 0 Å². The van der Waals surface area contributed by atoms with Crippen molar-refractivity contribution in [2.75, 3.05) is 47.3 Å². The summed E-state index contributed by atoms with van der Waals surface area (Å²) in [6.45, 7) is 5.44. The van der Waals surface area contributed by atoms with Crippen molar-refractivity contribution < 1.29 is 4.79 Å². The Kier molecular flexibility index (Phi) is 9.24. The summed E-state index contributed by atoms with van der Waals surface area (Å²) in [6, 6.07) is 0. The van der Waals surface area contributed by atoms with E-state index >= 15 is 0 Å². The maximum Gasteiger partial charge on any atom is 0.236 e. The summed E-state index contributed by atoms with van der Waals surface area (Å²) < 4.78 is 0. The number of likely N-dealkylation sites (N-methyl/N-ethyl adjacent to an activating group) is 1. The van der Waals surface area contributed by atoms with Crippen LogP contribution in [0.4, 0.5) is 0 Å². The molecule has 0 saturated carbocycles. The Bertz CT molecular complexity index is 183. The Balaban J connectivity index is 3.42. The first-order chi connectivity index (χ1) is 7.57. The number of carbonyl (C=O) groups is 1. The molecule has 0 aromatic heterocycles. The highest BCUT2D eigenvalue weighted by atomic mass is 16.2. The molecule has 0 bridgehead atoms. The van der Waals surface area contributed by atoms with Gasteiger partial charge in [0.15, 0.2) is 0 Å². The highest BCUT2D eigenvalue weighted by Gasteiger charge is 2.06. The van der Waals surface area contributed by atoms with Crippen LogP contribution in [0.25, 0.3) is 0 Å². The van der Waals surface area contributed by atoms with E-state index in [1.807, 2.05) is 11.9 Å². The van der Waals surface area contributed by atoms with Crippen molar-refractivity contribution in [2.45, 2.75) is 26.2 Å². The fourth-order valence-electron chi connectivity index (χ4n) is 1.37. The second-order valence-corrected chi connectivity index (χ2v) is 4.50. The van der Waals surface area contributed by atoms with Crippen LogP contribution in [-0.2, 0) is 4.79 Å². The monoisotopic (exact) mass is 229 g/mol.